The van der Waals surface area contributed by atoms with Crippen LogP contribution in [0.3, 0.4) is 0 Å². The number of para-hydroxylation sites is 1. The molecule has 0 radical (unpaired) electrons. The van der Waals surface area contributed by atoms with E-state index < -0.39 is 0 Å². The van der Waals surface area contributed by atoms with Gasteiger partial charge in [-0.05, 0) is 18.2 Å². The molecule has 0 aliphatic heterocycles. The van der Waals surface area contributed by atoms with Crippen LogP contribution in [0.25, 0.3) is 21.9 Å². The molecule has 0 N–H and O–H groups in total. The fourth-order valence-electron chi connectivity index (χ4n) is 1.84. The number of furan rings is 1. The third-order valence-corrected chi connectivity index (χ3v) is 2.75. The molecule has 0 saturated heterocycles. The van der Waals surface area contributed by atoms with Crippen molar-refractivity contribution in [1.29, 1.82) is 0 Å². The molecule has 74 valence electrons. The lowest BCUT2D eigenvalue weighted by Crippen LogP contribution is -1.74. The van der Waals surface area contributed by atoms with E-state index in [1.54, 1.807) is 0 Å². The van der Waals surface area contributed by atoms with Gasteiger partial charge in [-0.3, -0.25) is 0 Å². The van der Waals surface area contributed by atoms with Crippen LogP contribution >= 0.6 is 9.47 Å². The molecule has 3 aromatic rings. The molecule has 0 saturated carbocycles. The zero-order chi connectivity index (χ0) is 10.3. The summed E-state index contributed by atoms with van der Waals surface area (Å²) in [6.45, 7) is 0. The number of rotatable bonds is 1. The molecule has 0 aliphatic carbocycles. The van der Waals surface area contributed by atoms with Crippen molar-refractivity contribution in [3.63, 3.8) is 0 Å². The van der Waals surface area contributed by atoms with Gasteiger partial charge in [0.2, 0.25) is 0 Å². The highest BCUT2D eigenvalue weighted by molar-refractivity contribution is 7.10. The Labute approximate surface area is 89.1 Å². The lowest BCUT2D eigenvalue weighted by atomic mass is 10.1. The first-order valence-electron chi connectivity index (χ1n) is 4.67. The van der Waals surface area contributed by atoms with E-state index >= 15 is 0 Å². The lowest BCUT2D eigenvalue weighted by Gasteiger charge is -1.99. The molecule has 0 fully saturated rings. The Hall–Kier alpha value is -1.53. The summed E-state index contributed by atoms with van der Waals surface area (Å²) < 4.78 is 11.0. The van der Waals surface area contributed by atoms with Gasteiger partial charge in [0, 0.05) is 5.39 Å². The summed E-state index contributed by atoms with van der Waals surface area (Å²) in [7, 11) is 2.27. The first-order valence-corrected chi connectivity index (χ1v) is 5.14. The predicted octanol–water partition coefficient (Wildman–Crippen LogP) is 3.75. The molecule has 0 aliphatic rings. The first-order chi connectivity index (χ1) is 7.40. The molecule has 1 atom stereocenters. The summed E-state index contributed by atoms with van der Waals surface area (Å²) in [5, 5.41) is 2.12. The number of benzene rings is 2. The summed E-state index contributed by atoms with van der Waals surface area (Å²) in [5.41, 5.74) is 1.75. The molecule has 2 aromatic carbocycles. The second-order valence-electron chi connectivity index (χ2n) is 3.35. The van der Waals surface area contributed by atoms with Crippen LogP contribution in [-0.4, -0.2) is 0 Å². The maximum absolute atomic E-state index is 5.71. The highest BCUT2D eigenvalue weighted by atomic mass is 31.0. The molecule has 1 aromatic heterocycles. The van der Waals surface area contributed by atoms with Gasteiger partial charge in [-0.1, -0.05) is 24.3 Å². The Morgan fingerprint density at radius 1 is 0.933 bits per heavy atom. The summed E-state index contributed by atoms with van der Waals surface area (Å²) >= 11 is 0. The minimum atomic E-state index is 0.822. The molecular formula is C12H9O2P. The van der Waals surface area contributed by atoms with Gasteiger partial charge in [-0.15, -0.1) is 0 Å². The van der Waals surface area contributed by atoms with Gasteiger partial charge >= 0.3 is 0 Å². The number of hydrogen-bond donors (Lipinski definition) is 0. The van der Waals surface area contributed by atoms with E-state index in [4.69, 9.17) is 8.94 Å². The smallest absolute Gasteiger partial charge is 0.139 e. The van der Waals surface area contributed by atoms with Crippen LogP contribution in [0.1, 0.15) is 0 Å². The van der Waals surface area contributed by atoms with Gasteiger partial charge in [0.25, 0.3) is 0 Å². The van der Waals surface area contributed by atoms with Crippen molar-refractivity contribution in [3.8, 4) is 5.75 Å². The quantitative estimate of drug-likeness (QED) is 0.578. The maximum Gasteiger partial charge on any atom is 0.139 e. The molecular weight excluding hydrogens is 207 g/mol. The average Bonchev–Trinajstić information content (AvgIpc) is 2.67. The monoisotopic (exact) mass is 216 g/mol. The van der Waals surface area contributed by atoms with Gasteiger partial charge < -0.3 is 8.94 Å². The number of fused-ring (bicyclic) bond motifs is 3. The van der Waals surface area contributed by atoms with Crippen LogP contribution < -0.4 is 4.52 Å². The van der Waals surface area contributed by atoms with Crippen molar-refractivity contribution < 1.29 is 8.94 Å². The van der Waals surface area contributed by atoms with Crippen molar-refractivity contribution in [2.24, 2.45) is 0 Å². The van der Waals surface area contributed by atoms with Crippen LogP contribution in [0, 0.1) is 0 Å². The van der Waals surface area contributed by atoms with Crippen LogP contribution in [0.5, 0.6) is 5.75 Å². The third-order valence-electron chi connectivity index (χ3n) is 2.49. The molecule has 1 unspecified atom stereocenters. The standard InChI is InChI=1S/C12H9O2P/c15-14-11-7-3-6-10-12(11)8-4-1-2-5-9(8)13-10/h1-7H,15H2. The van der Waals surface area contributed by atoms with E-state index in [1.165, 1.54) is 0 Å². The highest BCUT2D eigenvalue weighted by Crippen LogP contribution is 2.35. The fraction of sp³-hybridized carbons (Fsp3) is 0. The largest absolute Gasteiger partial charge is 0.480 e. The normalized spacial score (nSPS) is 11.0. The summed E-state index contributed by atoms with van der Waals surface area (Å²) in [6.07, 6.45) is 0. The zero-order valence-electron chi connectivity index (χ0n) is 7.94. The lowest BCUT2D eigenvalue weighted by molar-refractivity contribution is 0.647. The van der Waals surface area contributed by atoms with Crippen molar-refractivity contribution >= 4 is 31.4 Å². The minimum absolute atomic E-state index is 0.822. The van der Waals surface area contributed by atoms with Gasteiger partial charge in [-0.2, -0.15) is 0 Å². The van der Waals surface area contributed by atoms with Crippen LogP contribution in [0.15, 0.2) is 46.9 Å². The van der Waals surface area contributed by atoms with Crippen molar-refractivity contribution in [3.05, 3.63) is 42.5 Å². The van der Waals surface area contributed by atoms with E-state index in [0.29, 0.717) is 0 Å². The molecule has 3 heteroatoms. The van der Waals surface area contributed by atoms with Gasteiger partial charge in [-0.25, -0.2) is 0 Å². The average molecular weight is 216 g/mol. The number of hydrogen-bond acceptors (Lipinski definition) is 2. The third kappa shape index (κ3) is 1.22. The molecule has 0 amide bonds. The summed E-state index contributed by atoms with van der Waals surface area (Å²) in [5.74, 6) is 0.822. The minimum Gasteiger partial charge on any atom is -0.480 e. The van der Waals surface area contributed by atoms with Gasteiger partial charge in [0.1, 0.15) is 16.9 Å². The Bertz CT molecular complexity index is 628. The molecule has 0 spiro atoms. The second-order valence-corrected chi connectivity index (χ2v) is 3.58. The Kier molecular flexibility index (Phi) is 1.90. The Morgan fingerprint density at radius 2 is 1.73 bits per heavy atom. The van der Waals surface area contributed by atoms with E-state index in [9.17, 15) is 0 Å². The zero-order valence-corrected chi connectivity index (χ0v) is 9.09. The van der Waals surface area contributed by atoms with Gasteiger partial charge in [0.05, 0.1) is 14.9 Å². The van der Waals surface area contributed by atoms with E-state index in [0.717, 1.165) is 27.7 Å². The topological polar surface area (TPSA) is 22.4 Å². The summed E-state index contributed by atoms with van der Waals surface area (Å²) in [6, 6.07) is 13.8. The predicted molar refractivity (Wildman–Crippen MR) is 64.1 cm³/mol. The SMILES string of the molecule is POc1cccc2oc3ccccc3c12. The van der Waals surface area contributed by atoms with Crippen LogP contribution in [-0.2, 0) is 0 Å². The van der Waals surface area contributed by atoms with Crippen molar-refractivity contribution in [2.75, 3.05) is 0 Å². The van der Waals surface area contributed by atoms with Crippen LogP contribution in [0.4, 0.5) is 0 Å². The van der Waals surface area contributed by atoms with E-state index in [-0.39, 0.29) is 0 Å². The molecule has 1 heterocycles. The van der Waals surface area contributed by atoms with Crippen LogP contribution in [0.2, 0.25) is 0 Å². The summed E-state index contributed by atoms with van der Waals surface area (Å²) in [4.78, 5) is 0. The van der Waals surface area contributed by atoms with E-state index in [2.05, 4.69) is 9.47 Å². The fourth-order valence-corrected chi connectivity index (χ4v) is 2.04. The first kappa shape index (κ1) is 8.75. The van der Waals surface area contributed by atoms with Gasteiger partial charge in [0.15, 0.2) is 0 Å². The highest BCUT2D eigenvalue weighted by Gasteiger charge is 2.09. The Balaban J connectivity index is 2.56. The van der Waals surface area contributed by atoms with E-state index in [1.807, 2.05) is 42.5 Å². The molecule has 2 nitrogen and oxygen atoms in total. The van der Waals surface area contributed by atoms with Crippen molar-refractivity contribution in [2.45, 2.75) is 0 Å². The van der Waals surface area contributed by atoms with Crippen molar-refractivity contribution in [1.82, 2.24) is 0 Å². The maximum atomic E-state index is 5.71. The molecule has 0 bridgehead atoms. The molecule has 3 rings (SSSR count). The molecule has 15 heavy (non-hydrogen) atoms. The Morgan fingerprint density at radius 3 is 2.60 bits per heavy atom. The second kappa shape index (κ2) is 3.25.